The van der Waals surface area contributed by atoms with E-state index in [1.54, 1.807) is 0 Å². The number of rotatable bonds is 7. The zero-order valence-corrected chi connectivity index (χ0v) is 12.5. The van der Waals surface area contributed by atoms with E-state index in [1.165, 1.54) is 11.1 Å². The molecule has 0 atom stereocenters. The van der Waals surface area contributed by atoms with Crippen molar-refractivity contribution in [3.8, 4) is 0 Å². The van der Waals surface area contributed by atoms with Crippen LogP contribution in [0.4, 0.5) is 0 Å². The molecule has 0 fully saturated rings. The van der Waals surface area contributed by atoms with Crippen LogP contribution in [0.1, 0.15) is 16.8 Å². The van der Waals surface area contributed by atoms with Crippen LogP contribution in [-0.4, -0.2) is 40.5 Å². The maximum Gasteiger partial charge on any atom is 0.0964 e. The summed E-state index contributed by atoms with van der Waals surface area (Å²) in [7, 11) is 4.04. The van der Waals surface area contributed by atoms with Gasteiger partial charge in [-0.05, 0) is 26.6 Å². The Hall–Kier alpha value is -1.72. The first-order valence-electron chi connectivity index (χ1n) is 6.95. The van der Waals surface area contributed by atoms with Crippen LogP contribution < -0.4 is 5.32 Å². The fourth-order valence-electron chi connectivity index (χ4n) is 2.07. The predicted molar refractivity (Wildman–Crippen MR) is 80.3 cm³/mol. The normalized spacial score (nSPS) is 11.2. The molecule has 0 amide bonds. The van der Waals surface area contributed by atoms with E-state index >= 15 is 0 Å². The second-order valence-electron chi connectivity index (χ2n) is 5.23. The summed E-state index contributed by atoms with van der Waals surface area (Å²) < 4.78 is 1.90. The molecule has 0 aliphatic carbocycles. The molecule has 0 saturated heterocycles. The van der Waals surface area contributed by atoms with Crippen molar-refractivity contribution in [2.75, 3.05) is 20.6 Å². The number of likely N-dealkylation sites (N-methyl/N-ethyl adjacent to an activating group) is 1. The maximum atomic E-state index is 4.13. The topological polar surface area (TPSA) is 46.0 Å². The first-order valence-corrected chi connectivity index (χ1v) is 6.95. The molecule has 5 nitrogen and oxygen atoms in total. The molecule has 0 aliphatic rings. The van der Waals surface area contributed by atoms with E-state index in [9.17, 15) is 0 Å². The van der Waals surface area contributed by atoms with Gasteiger partial charge in [0.25, 0.3) is 0 Å². The van der Waals surface area contributed by atoms with Gasteiger partial charge >= 0.3 is 0 Å². The van der Waals surface area contributed by atoms with Gasteiger partial charge in [0, 0.05) is 25.8 Å². The minimum absolute atomic E-state index is 0.763. The first-order chi connectivity index (χ1) is 9.67. The summed E-state index contributed by atoms with van der Waals surface area (Å²) in [6.45, 7) is 5.65. The SMILES string of the molecule is CNCc1cn(CCN(C)Cc2ccc(C)cc2)nn1. The van der Waals surface area contributed by atoms with Crippen LogP contribution in [0.3, 0.4) is 0 Å². The lowest BCUT2D eigenvalue weighted by Gasteiger charge is -2.16. The Bertz CT molecular complexity index is 517. The van der Waals surface area contributed by atoms with Crippen LogP contribution in [0.5, 0.6) is 0 Å². The summed E-state index contributed by atoms with van der Waals surface area (Å²) in [5.41, 5.74) is 3.62. The van der Waals surface area contributed by atoms with E-state index in [0.29, 0.717) is 0 Å². The Morgan fingerprint density at radius 2 is 2.00 bits per heavy atom. The van der Waals surface area contributed by atoms with E-state index in [0.717, 1.165) is 31.9 Å². The van der Waals surface area contributed by atoms with Gasteiger partial charge in [0.2, 0.25) is 0 Å². The molecular formula is C15H23N5. The van der Waals surface area contributed by atoms with E-state index < -0.39 is 0 Å². The van der Waals surface area contributed by atoms with Crippen molar-refractivity contribution < 1.29 is 0 Å². The largest absolute Gasteiger partial charge is 0.314 e. The zero-order valence-electron chi connectivity index (χ0n) is 12.5. The fraction of sp³-hybridized carbons (Fsp3) is 0.467. The van der Waals surface area contributed by atoms with Crippen molar-refractivity contribution in [2.24, 2.45) is 0 Å². The van der Waals surface area contributed by atoms with Crippen LogP contribution >= 0.6 is 0 Å². The number of nitrogens with zero attached hydrogens (tertiary/aromatic N) is 4. The molecule has 0 unspecified atom stereocenters. The summed E-state index contributed by atoms with van der Waals surface area (Å²) in [5, 5.41) is 11.3. The summed E-state index contributed by atoms with van der Waals surface area (Å²) in [6.07, 6.45) is 2.00. The molecule has 0 bridgehead atoms. The molecule has 0 aliphatic heterocycles. The summed E-state index contributed by atoms with van der Waals surface area (Å²) in [6, 6.07) is 8.69. The molecule has 0 spiro atoms. The maximum absolute atomic E-state index is 4.13. The average Bonchev–Trinajstić information content (AvgIpc) is 2.87. The van der Waals surface area contributed by atoms with Gasteiger partial charge in [-0.25, -0.2) is 0 Å². The van der Waals surface area contributed by atoms with Gasteiger partial charge in [-0.2, -0.15) is 0 Å². The van der Waals surface area contributed by atoms with Crippen LogP contribution in [0.25, 0.3) is 0 Å². The lowest BCUT2D eigenvalue weighted by molar-refractivity contribution is 0.304. The second-order valence-corrected chi connectivity index (χ2v) is 5.23. The molecule has 1 aromatic heterocycles. The van der Waals surface area contributed by atoms with E-state index in [4.69, 9.17) is 0 Å². The number of benzene rings is 1. The lowest BCUT2D eigenvalue weighted by Crippen LogP contribution is -2.23. The zero-order chi connectivity index (χ0) is 14.4. The third kappa shape index (κ3) is 4.43. The highest BCUT2D eigenvalue weighted by Crippen LogP contribution is 2.05. The van der Waals surface area contributed by atoms with Crippen molar-refractivity contribution in [3.63, 3.8) is 0 Å². The minimum Gasteiger partial charge on any atom is -0.314 e. The number of aromatic nitrogens is 3. The van der Waals surface area contributed by atoms with Crippen LogP contribution in [0.15, 0.2) is 30.5 Å². The van der Waals surface area contributed by atoms with Gasteiger partial charge in [-0.3, -0.25) is 4.68 Å². The summed E-state index contributed by atoms with van der Waals surface area (Å²) in [5.74, 6) is 0. The fourth-order valence-corrected chi connectivity index (χ4v) is 2.07. The number of nitrogens with one attached hydrogen (secondary N) is 1. The monoisotopic (exact) mass is 273 g/mol. The van der Waals surface area contributed by atoms with Crippen LogP contribution in [0.2, 0.25) is 0 Å². The van der Waals surface area contributed by atoms with Gasteiger partial charge in [0.15, 0.2) is 0 Å². The van der Waals surface area contributed by atoms with Crippen molar-refractivity contribution in [2.45, 2.75) is 26.6 Å². The van der Waals surface area contributed by atoms with Crippen molar-refractivity contribution in [1.29, 1.82) is 0 Å². The third-order valence-electron chi connectivity index (χ3n) is 3.23. The molecule has 2 rings (SSSR count). The molecule has 1 aromatic carbocycles. The Labute approximate surface area is 120 Å². The quantitative estimate of drug-likeness (QED) is 0.829. The molecule has 5 heteroatoms. The van der Waals surface area contributed by atoms with Gasteiger partial charge in [0.05, 0.1) is 12.2 Å². The van der Waals surface area contributed by atoms with E-state index in [2.05, 4.69) is 58.8 Å². The molecule has 0 saturated carbocycles. The van der Waals surface area contributed by atoms with Crippen molar-refractivity contribution >= 4 is 0 Å². The van der Waals surface area contributed by atoms with Crippen molar-refractivity contribution in [3.05, 3.63) is 47.3 Å². The molecule has 108 valence electrons. The van der Waals surface area contributed by atoms with Gasteiger partial charge < -0.3 is 10.2 Å². The van der Waals surface area contributed by atoms with Gasteiger partial charge in [-0.15, -0.1) is 5.10 Å². The summed E-state index contributed by atoms with van der Waals surface area (Å²) in [4.78, 5) is 2.30. The molecule has 2 aromatic rings. The Morgan fingerprint density at radius 3 is 2.70 bits per heavy atom. The molecule has 1 N–H and O–H groups in total. The molecular weight excluding hydrogens is 250 g/mol. The van der Waals surface area contributed by atoms with Crippen LogP contribution in [0, 0.1) is 6.92 Å². The lowest BCUT2D eigenvalue weighted by atomic mass is 10.1. The Kier molecular flexibility index (Phi) is 5.26. The smallest absolute Gasteiger partial charge is 0.0964 e. The van der Waals surface area contributed by atoms with Gasteiger partial charge in [0.1, 0.15) is 0 Å². The second kappa shape index (κ2) is 7.17. The van der Waals surface area contributed by atoms with Crippen molar-refractivity contribution in [1.82, 2.24) is 25.2 Å². The van der Waals surface area contributed by atoms with Gasteiger partial charge in [-0.1, -0.05) is 35.0 Å². The number of hydrogen-bond acceptors (Lipinski definition) is 4. The predicted octanol–water partition coefficient (Wildman–Crippen LogP) is 1.44. The first kappa shape index (κ1) is 14.7. The highest BCUT2D eigenvalue weighted by Gasteiger charge is 2.03. The van der Waals surface area contributed by atoms with Crippen LogP contribution in [-0.2, 0) is 19.6 Å². The number of aryl methyl sites for hydroxylation is 1. The van der Waals surface area contributed by atoms with E-state index in [1.807, 2.05) is 17.9 Å². The molecule has 1 heterocycles. The Morgan fingerprint density at radius 1 is 1.25 bits per heavy atom. The minimum atomic E-state index is 0.763. The number of hydrogen-bond donors (Lipinski definition) is 1. The molecule has 0 radical (unpaired) electrons. The standard InChI is InChI=1S/C15H23N5/c1-13-4-6-14(7-5-13)11-19(3)8-9-20-12-15(10-16-2)17-18-20/h4-7,12,16H,8-11H2,1-3H3. The third-order valence-corrected chi connectivity index (χ3v) is 3.23. The summed E-state index contributed by atoms with van der Waals surface area (Å²) >= 11 is 0. The highest BCUT2D eigenvalue weighted by molar-refractivity contribution is 5.21. The highest BCUT2D eigenvalue weighted by atomic mass is 15.4. The Balaban J connectivity index is 1.79. The van der Waals surface area contributed by atoms with E-state index in [-0.39, 0.29) is 0 Å². The molecule has 20 heavy (non-hydrogen) atoms. The average molecular weight is 273 g/mol.